The number of nitrogens with zero attached hydrogens (tertiary/aromatic N) is 3. The maximum absolute atomic E-state index is 13.5. The second-order valence-corrected chi connectivity index (χ2v) is 9.60. The number of ether oxygens (including phenoxy) is 1. The monoisotopic (exact) mass is 419 g/mol. The normalized spacial score (nSPS) is 20.6. The summed E-state index contributed by atoms with van der Waals surface area (Å²) < 4.78 is 35.4. The van der Waals surface area contributed by atoms with Gasteiger partial charge in [-0.2, -0.15) is 9.40 Å². The second kappa shape index (κ2) is 8.28. The van der Waals surface area contributed by atoms with Crippen LogP contribution in [-0.4, -0.2) is 48.2 Å². The Kier molecular flexibility index (Phi) is 6.14. The maximum Gasteiger partial charge on any atom is 0.313 e. The predicted octanol–water partition coefficient (Wildman–Crippen LogP) is 2.61. The molecule has 3 rings (SSSR count). The number of carbonyl (C=O) groups is 1. The number of benzene rings is 1. The summed E-state index contributed by atoms with van der Waals surface area (Å²) in [5, 5.41) is 4.26. The average Bonchev–Trinajstić information content (AvgIpc) is 2.95. The first-order chi connectivity index (χ1) is 13.7. The number of hydrogen-bond acceptors (Lipinski definition) is 5. The van der Waals surface area contributed by atoms with Gasteiger partial charge in [-0.3, -0.25) is 9.48 Å². The molecule has 1 saturated heterocycles. The highest BCUT2D eigenvalue weighted by Crippen LogP contribution is 2.38. The topological polar surface area (TPSA) is 81.5 Å². The number of piperidine rings is 1. The van der Waals surface area contributed by atoms with Crippen LogP contribution in [0.25, 0.3) is 0 Å². The molecule has 0 spiro atoms. The lowest BCUT2D eigenvalue weighted by molar-refractivity contribution is -0.157. The SMILES string of the molecule is CCOC(=O)C1(Cc2ccccc2)CCCN(S(=O)(=O)c2c(C)nn(C)c2C)C1. The van der Waals surface area contributed by atoms with Crippen molar-refractivity contribution in [2.45, 2.75) is 44.9 Å². The first-order valence-corrected chi connectivity index (χ1v) is 11.4. The van der Waals surface area contributed by atoms with E-state index in [1.807, 2.05) is 30.3 Å². The Morgan fingerprint density at radius 3 is 2.52 bits per heavy atom. The Balaban J connectivity index is 1.99. The molecule has 1 unspecified atom stereocenters. The fraction of sp³-hybridized carbons (Fsp3) is 0.524. The predicted molar refractivity (Wildman–Crippen MR) is 110 cm³/mol. The Hall–Kier alpha value is -2.19. The van der Waals surface area contributed by atoms with E-state index in [0.29, 0.717) is 37.2 Å². The van der Waals surface area contributed by atoms with E-state index < -0.39 is 15.4 Å². The van der Waals surface area contributed by atoms with Gasteiger partial charge in [0.2, 0.25) is 10.0 Å². The van der Waals surface area contributed by atoms with Crippen molar-refractivity contribution < 1.29 is 17.9 Å². The Labute approximate surface area is 172 Å². The standard InChI is InChI=1S/C21H29N3O4S/c1-5-28-20(25)21(14-18-10-7-6-8-11-18)12-9-13-24(15-21)29(26,27)19-16(2)22-23(4)17(19)3/h6-8,10-11H,5,9,12-15H2,1-4H3. The molecule has 158 valence electrons. The van der Waals surface area contributed by atoms with Gasteiger partial charge in [-0.1, -0.05) is 30.3 Å². The van der Waals surface area contributed by atoms with E-state index in [1.165, 1.54) is 4.31 Å². The Morgan fingerprint density at radius 1 is 1.24 bits per heavy atom. The Bertz CT molecular complexity index is 985. The molecule has 1 aromatic carbocycles. The lowest BCUT2D eigenvalue weighted by atomic mass is 9.75. The van der Waals surface area contributed by atoms with E-state index in [1.54, 1.807) is 32.5 Å². The van der Waals surface area contributed by atoms with Gasteiger partial charge < -0.3 is 4.74 Å². The summed E-state index contributed by atoms with van der Waals surface area (Å²) in [6, 6.07) is 9.70. The number of rotatable bonds is 6. The van der Waals surface area contributed by atoms with Crippen LogP contribution in [0.1, 0.15) is 36.7 Å². The van der Waals surface area contributed by atoms with Crippen LogP contribution in [0.2, 0.25) is 0 Å². The highest BCUT2D eigenvalue weighted by Gasteiger charge is 2.47. The molecule has 0 aliphatic carbocycles. The molecule has 1 atom stereocenters. The summed E-state index contributed by atoms with van der Waals surface area (Å²) in [6.07, 6.45) is 1.64. The molecule has 0 bridgehead atoms. The first kappa shape index (κ1) is 21.5. The molecule has 0 N–H and O–H groups in total. The van der Waals surface area contributed by atoms with Gasteiger partial charge in [0, 0.05) is 20.1 Å². The summed E-state index contributed by atoms with van der Waals surface area (Å²) in [4.78, 5) is 13.2. The van der Waals surface area contributed by atoms with Gasteiger partial charge in [0.1, 0.15) is 4.90 Å². The molecule has 0 radical (unpaired) electrons. The van der Waals surface area contributed by atoms with Crippen molar-refractivity contribution in [1.29, 1.82) is 0 Å². The van der Waals surface area contributed by atoms with Gasteiger partial charge in [0.15, 0.2) is 0 Å². The molecule has 1 fully saturated rings. The summed E-state index contributed by atoms with van der Waals surface area (Å²) in [5.41, 5.74) is 1.17. The molecule has 7 nitrogen and oxygen atoms in total. The van der Waals surface area contributed by atoms with Crippen molar-refractivity contribution in [3.8, 4) is 0 Å². The minimum Gasteiger partial charge on any atom is -0.466 e. The van der Waals surface area contributed by atoms with E-state index in [0.717, 1.165) is 5.56 Å². The van der Waals surface area contributed by atoms with E-state index in [2.05, 4.69) is 5.10 Å². The van der Waals surface area contributed by atoms with Crippen LogP contribution in [0.3, 0.4) is 0 Å². The molecule has 2 heterocycles. The van der Waals surface area contributed by atoms with Crippen LogP contribution in [0.5, 0.6) is 0 Å². The van der Waals surface area contributed by atoms with Crippen molar-refractivity contribution >= 4 is 16.0 Å². The third kappa shape index (κ3) is 4.09. The first-order valence-electron chi connectivity index (χ1n) is 9.93. The molecule has 0 saturated carbocycles. The lowest BCUT2D eigenvalue weighted by Gasteiger charge is -2.40. The molecule has 0 amide bonds. The van der Waals surface area contributed by atoms with E-state index >= 15 is 0 Å². The van der Waals surface area contributed by atoms with Crippen molar-refractivity contribution in [2.75, 3.05) is 19.7 Å². The summed E-state index contributed by atoms with van der Waals surface area (Å²) in [5.74, 6) is -0.330. The number of sulfonamides is 1. The number of aryl methyl sites for hydroxylation is 2. The molecule has 1 aliphatic heterocycles. The minimum atomic E-state index is -3.77. The third-order valence-electron chi connectivity index (χ3n) is 5.68. The van der Waals surface area contributed by atoms with E-state index in [4.69, 9.17) is 4.74 Å². The van der Waals surface area contributed by atoms with E-state index in [-0.39, 0.29) is 24.0 Å². The van der Waals surface area contributed by atoms with Crippen LogP contribution in [0.15, 0.2) is 35.2 Å². The molecule has 29 heavy (non-hydrogen) atoms. The third-order valence-corrected chi connectivity index (χ3v) is 7.77. The molecule has 2 aromatic rings. The van der Waals surface area contributed by atoms with Gasteiger partial charge in [-0.15, -0.1) is 0 Å². The van der Waals surface area contributed by atoms with Crippen LogP contribution in [0, 0.1) is 19.3 Å². The second-order valence-electron chi connectivity index (χ2n) is 7.73. The Morgan fingerprint density at radius 2 is 1.93 bits per heavy atom. The van der Waals surface area contributed by atoms with Gasteiger partial charge in [-0.05, 0) is 45.6 Å². The molecule has 1 aliphatic rings. The summed E-state index contributed by atoms with van der Waals surface area (Å²) in [6.45, 7) is 5.98. The van der Waals surface area contributed by atoms with Gasteiger partial charge >= 0.3 is 5.97 Å². The highest BCUT2D eigenvalue weighted by molar-refractivity contribution is 7.89. The molecular weight excluding hydrogens is 390 g/mol. The molecule has 1 aromatic heterocycles. The zero-order valence-corrected chi connectivity index (χ0v) is 18.3. The minimum absolute atomic E-state index is 0.108. The number of esters is 1. The van der Waals surface area contributed by atoms with Gasteiger partial charge in [0.25, 0.3) is 0 Å². The highest BCUT2D eigenvalue weighted by atomic mass is 32.2. The average molecular weight is 420 g/mol. The summed E-state index contributed by atoms with van der Waals surface area (Å²) >= 11 is 0. The van der Waals surface area contributed by atoms with E-state index in [9.17, 15) is 13.2 Å². The molecule has 8 heteroatoms. The number of hydrogen-bond donors (Lipinski definition) is 0. The van der Waals surface area contributed by atoms with Crippen LogP contribution >= 0.6 is 0 Å². The van der Waals surface area contributed by atoms with Crippen LogP contribution < -0.4 is 0 Å². The zero-order valence-electron chi connectivity index (χ0n) is 17.5. The number of aromatic nitrogens is 2. The van der Waals surface area contributed by atoms with Gasteiger partial charge in [0.05, 0.1) is 23.4 Å². The van der Waals surface area contributed by atoms with Crippen molar-refractivity contribution in [3.63, 3.8) is 0 Å². The van der Waals surface area contributed by atoms with Crippen molar-refractivity contribution in [2.24, 2.45) is 12.5 Å². The smallest absolute Gasteiger partial charge is 0.313 e. The quantitative estimate of drug-likeness (QED) is 0.673. The van der Waals surface area contributed by atoms with Crippen LogP contribution in [0.4, 0.5) is 0 Å². The largest absolute Gasteiger partial charge is 0.466 e. The van der Waals surface area contributed by atoms with Crippen molar-refractivity contribution in [3.05, 3.63) is 47.3 Å². The maximum atomic E-state index is 13.5. The summed E-state index contributed by atoms with van der Waals surface area (Å²) in [7, 11) is -2.04. The van der Waals surface area contributed by atoms with Crippen LogP contribution in [-0.2, 0) is 33.0 Å². The van der Waals surface area contributed by atoms with Crippen molar-refractivity contribution in [1.82, 2.24) is 14.1 Å². The zero-order chi connectivity index (χ0) is 21.2. The number of carbonyl (C=O) groups excluding carboxylic acids is 1. The van der Waals surface area contributed by atoms with Gasteiger partial charge in [-0.25, -0.2) is 8.42 Å². The lowest BCUT2D eigenvalue weighted by Crippen LogP contribution is -2.51. The fourth-order valence-corrected chi connectivity index (χ4v) is 6.17. The fourth-order valence-electron chi connectivity index (χ4n) is 4.21. The molecular formula is C21H29N3O4S.